The van der Waals surface area contributed by atoms with Gasteiger partial charge in [0.25, 0.3) is 5.91 Å². The molecule has 0 saturated carbocycles. The molecule has 0 bridgehead atoms. The van der Waals surface area contributed by atoms with E-state index in [0.717, 1.165) is 5.52 Å². The van der Waals surface area contributed by atoms with Crippen LogP contribution in [0, 0.1) is 0 Å². The summed E-state index contributed by atoms with van der Waals surface area (Å²) in [4.78, 5) is 17.3. The fraction of sp³-hybridized carbons (Fsp3) is 0.0909. The van der Waals surface area contributed by atoms with Gasteiger partial charge in [0.2, 0.25) is 12.0 Å². The molecule has 1 atom stereocenters. The Bertz CT molecular complexity index is 1130. The summed E-state index contributed by atoms with van der Waals surface area (Å²) < 4.78 is 17.3. The van der Waals surface area contributed by atoms with E-state index < -0.39 is 6.10 Å². The Kier molecular flexibility index (Phi) is 3.94. The molecule has 0 unspecified atom stereocenters. The number of rotatable bonds is 3. The van der Waals surface area contributed by atoms with Crippen LogP contribution >= 0.6 is 0 Å². The highest BCUT2D eigenvalue weighted by molar-refractivity contribution is 5.98. The van der Waals surface area contributed by atoms with E-state index in [1.807, 2.05) is 60.7 Å². The molecule has 6 nitrogen and oxygen atoms in total. The fourth-order valence-electron chi connectivity index (χ4n) is 3.13. The molecule has 1 amide bonds. The Morgan fingerprint density at radius 3 is 2.57 bits per heavy atom. The van der Waals surface area contributed by atoms with Crippen LogP contribution in [0.1, 0.15) is 0 Å². The second kappa shape index (κ2) is 6.74. The van der Waals surface area contributed by atoms with Crippen molar-refractivity contribution >= 4 is 22.7 Å². The number of hydrogen-bond donors (Lipinski definition) is 1. The van der Waals surface area contributed by atoms with Gasteiger partial charge in [-0.25, -0.2) is 4.98 Å². The number of oxazole rings is 1. The number of anilines is 1. The summed E-state index contributed by atoms with van der Waals surface area (Å²) in [6.45, 7) is 0.147. The second-order valence-corrected chi connectivity index (χ2v) is 6.39. The van der Waals surface area contributed by atoms with Crippen LogP contribution in [0.15, 0.2) is 77.2 Å². The third-order valence-corrected chi connectivity index (χ3v) is 4.51. The standard InChI is InChI=1S/C22H16N2O4/c25-21(20-13-26-18-11-5-6-12-19(18)27-20)23-15-8-2-1-7-14(15)22-24-16-9-3-4-10-17(16)28-22/h1-12,20H,13H2,(H,23,25)/t20-/m0/s1. The van der Waals surface area contributed by atoms with Gasteiger partial charge in [0, 0.05) is 0 Å². The molecular formula is C22H16N2O4. The van der Waals surface area contributed by atoms with Gasteiger partial charge in [0.15, 0.2) is 17.1 Å². The summed E-state index contributed by atoms with van der Waals surface area (Å²) in [5, 5.41) is 2.91. The van der Waals surface area contributed by atoms with Gasteiger partial charge in [0.1, 0.15) is 12.1 Å². The number of carbonyl (C=O) groups is 1. The molecule has 1 aromatic heterocycles. The van der Waals surface area contributed by atoms with Crippen LogP contribution in [-0.4, -0.2) is 23.6 Å². The SMILES string of the molecule is O=C(Nc1ccccc1-c1nc2ccccc2o1)[C@@H]1COc2ccccc2O1. The minimum Gasteiger partial charge on any atom is -0.485 e. The van der Waals surface area contributed by atoms with Gasteiger partial charge in [-0.15, -0.1) is 0 Å². The van der Waals surface area contributed by atoms with Gasteiger partial charge in [-0.3, -0.25) is 4.79 Å². The molecule has 1 aliphatic rings. The van der Waals surface area contributed by atoms with Crippen LogP contribution in [0.4, 0.5) is 5.69 Å². The first-order valence-electron chi connectivity index (χ1n) is 8.92. The minimum absolute atomic E-state index is 0.147. The Balaban J connectivity index is 1.41. The average molecular weight is 372 g/mol. The monoisotopic (exact) mass is 372 g/mol. The molecule has 6 heteroatoms. The third kappa shape index (κ3) is 2.95. The largest absolute Gasteiger partial charge is 0.485 e. The number of carbonyl (C=O) groups excluding carboxylic acids is 1. The number of amides is 1. The van der Waals surface area contributed by atoms with Crippen LogP contribution in [-0.2, 0) is 4.79 Å². The lowest BCUT2D eigenvalue weighted by Crippen LogP contribution is -2.40. The molecule has 0 radical (unpaired) electrons. The van der Waals surface area contributed by atoms with Crippen LogP contribution in [0.5, 0.6) is 11.5 Å². The van der Waals surface area contributed by atoms with E-state index in [9.17, 15) is 4.79 Å². The van der Waals surface area contributed by atoms with Crippen LogP contribution in [0.2, 0.25) is 0 Å². The number of aromatic nitrogens is 1. The molecule has 3 aromatic carbocycles. The van der Waals surface area contributed by atoms with Crippen LogP contribution in [0.3, 0.4) is 0 Å². The van der Waals surface area contributed by atoms with Crippen molar-refractivity contribution in [1.82, 2.24) is 4.98 Å². The van der Waals surface area contributed by atoms with Crippen molar-refractivity contribution in [3.8, 4) is 23.0 Å². The summed E-state index contributed by atoms with van der Waals surface area (Å²) in [5.41, 5.74) is 2.75. The molecule has 1 aliphatic heterocycles. The smallest absolute Gasteiger partial charge is 0.269 e. The van der Waals surface area contributed by atoms with Crippen LogP contribution in [0.25, 0.3) is 22.6 Å². The zero-order valence-electron chi connectivity index (χ0n) is 14.8. The number of fused-ring (bicyclic) bond motifs is 2. The molecule has 0 spiro atoms. The first-order valence-corrected chi connectivity index (χ1v) is 8.92. The van der Waals surface area contributed by atoms with E-state index in [4.69, 9.17) is 13.9 Å². The minimum atomic E-state index is -0.744. The molecule has 28 heavy (non-hydrogen) atoms. The van der Waals surface area contributed by atoms with Crippen molar-refractivity contribution in [2.45, 2.75) is 6.10 Å². The van der Waals surface area contributed by atoms with Crippen molar-refractivity contribution in [2.75, 3.05) is 11.9 Å². The van der Waals surface area contributed by atoms with Gasteiger partial charge < -0.3 is 19.2 Å². The predicted octanol–water partition coefficient (Wildman–Crippen LogP) is 4.27. The molecule has 0 aliphatic carbocycles. The number of ether oxygens (including phenoxy) is 2. The Morgan fingerprint density at radius 2 is 1.68 bits per heavy atom. The van der Waals surface area contributed by atoms with Crippen molar-refractivity contribution in [1.29, 1.82) is 0 Å². The summed E-state index contributed by atoms with van der Waals surface area (Å²) in [6.07, 6.45) is -0.744. The van der Waals surface area contributed by atoms with E-state index in [1.165, 1.54) is 0 Å². The van der Waals surface area contributed by atoms with E-state index in [-0.39, 0.29) is 12.5 Å². The van der Waals surface area contributed by atoms with Gasteiger partial charge in [-0.1, -0.05) is 36.4 Å². The van der Waals surface area contributed by atoms with Crippen molar-refractivity contribution < 1.29 is 18.7 Å². The molecule has 0 saturated heterocycles. The normalized spacial score (nSPS) is 15.4. The lowest BCUT2D eigenvalue weighted by molar-refractivity contribution is -0.125. The lowest BCUT2D eigenvalue weighted by Gasteiger charge is -2.25. The highest BCUT2D eigenvalue weighted by Crippen LogP contribution is 2.33. The van der Waals surface area contributed by atoms with Crippen molar-refractivity contribution in [2.24, 2.45) is 0 Å². The third-order valence-electron chi connectivity index (χ3n) is 4.51. The Labute approximate surface area is 160 Å². The summed E-state index contributed by atoms with van der Waals surface area (Å²) in [7, 11) is 0. The molecule has 5 rings (SSSR count). The van der Waals surface area contributed by atoms with Crippen molar-refractivity contribution in [3.05, 3.63) is 72.8 Å². The highest BCUT2D eigenvalue weighted by atomic mass is 16.6. The summed E-state index contributed by atoms with van der Waals surface area (Å²) in [6, 6.07) is 22.2. The van der Waals surface area contributed by atoms with Crippen molar-refractivity contribution in [3.63, 3.8) is 0 Å². The summed E-state index contributed by atoms with van der Waals surface area (Å²) >= 11 is 0. The maximum absolute atomic E-state index is 12.8. The first kappa shape index (κ1) is 16.4. The number of hydrogen-bond acceptors (Lipinski definition) is 5. The number of nitrogens with one attached hydrogen (secondary N) is 1. The van der Waals surface area contributed by atoms with Gasteiger partial charge in [-0.05, 0) is 36.4 Å². The first-order chi connectivity index (χ1) is 13.8. The summed E-state index contributed by atoms with van der Waals surface area (Å²) in [5.74, 6) is 1.35. The number of nitrogens with zero attached hydrogens (tertiary/aromatic N) is 1. The molecule has 4 aromatic rings. The Hall–Kier alpha value is -3.80. The Morgan fingerprint density at radius 1 is 0.929 bits per heavy atom. The number of para-hydroxylation sites is 5. The number of benzene rings is 3. The zero-order valence-corrected chi connectivity index (χ0v) is 14.8. The second-order valence-electron chi connectivity index (χ2n) is 6.39. The molecule has 2 heterocycles. The topological polar surface area (TPSA) is 73.6 Å². The van der Waals surface area contributed by atoms with Gasteiger partial charge in [0.05, 0.1) is 11.3 Å². The van der Waals surface area contributed by atoms with Crippen LogP contribution < -0.4 is 14.8 Å². The lowest BCUT2D eigenvalue weighted by atomic mass is 10.1. The van der Waals surface area contributed by atoms with E-state index >= 15 is 0 Å². The van der Waals surface area contributed by atoms with E-state index in [2.05, 4.69) is 10.3 Å². The average Bonchev–Trinajstić information content (AvgIpc) is 3.18. The van der Waals surface area contributed by atoms with E-state index in [1.54, 1.807) is 12.1 Å². The zero-order chi connectivity index (χ0) is 18.9. The highest BCUT2D eigenvalue weighted by Gasteiger charge is 2.28. The molecular weight excluding hydrogens is 356 g/mol. The predicted molar refractivity (Wildman–Crippen MR) is 104 cm³/mol. The molecule has 1 N–H and O–H groups in total. The van der Waals surface area contributed by atoms with Gasteiger partial charge in [-0.2, -0.15) is 0 Å². The van der Waals surface area contributed by atoms with Gasteiger partial charge >= 0.3 is 0 Å². The molecule has 138 valence electrons. The maximum atomic E-state index is 12.8. The maximum Gasteiger partial charge on any atom is 0.269 e. The fourth-order valence-corrected chi connectivity index (χ4v) is 3.13. The quantitative estimate of drug-likeness (QED) is 0.581. The van der Waals surface area contributed by atoms with E-state index in [0.29, 0.717) is 34.2 Å². The molecule has 0 fully saturated rings.